The number of hydrogen-bond donors (Lipinski definition) is 0. The lowest BCUT2D eigenvalue weighted by molar-refractivity contribution is -0.142. The minimum absolute atomic E-state index is 0.117. The Bertz CT molecular complexity index is 884. The Hall–Kier alpha value is -2.42. The summed E-state index contributed by atoms with van der Waals surface area (Å²) in [4.78, 5) is 25.0. The van der Waals surface area contributed by atoms with Crippen LogP contribution in [0.25, 0.3) is 10.8 Å². The van der Waals surface area contributed by atoms with Gasteiger partial charge in [-0.15, -0.1) is 0 Å². The fraction of sp³-hybridized carbons (Fsp3) is 0.333. The summed E-state index contributed by atoms with van der Waals surface area (Å²) >= 11 is 0. The summed E-state index contributed by atoms with van der Waals surface area (Å²) in [5.41, 5.74) is 1.60. The summed E-state index contributed by atoms with van der Waals surface area (Å²) in [6.07, 6.45) is 1.38. The van der Waals surface area contributed by atoms with Crippen molar-refractivity contribution >= 4 is 22.5 Å². The second kappa shape index (κ2) is 5.30. The number of hydrogen-bond acceptors (Lipinski definition) is 3. The molecule has 2 aliphatic rings. The van der Waals surface area contributed by atoms with E-state index in [2.05, 4.69) is 18.2 Å². The van der Waals surface area contributed by atoms with Gasteiger partial charge in [0.05, 0.1) is 6.42 Å². The van der Waals surface area contributed by atoms with Gasteiger partial charge in [-0.2, -0.15) is 0 Å². The quantitative estimate of drug-likeness (QED) is 0.726. The van der Waals surface area contributed by atoms with E-state index in [9.17, 15) is 9.59 Å². The van der Waals surface area contributed by atoms with Crippen LogP contribution >= 0.6 is 0 Å². The van der Waals surface area contributed by atoms with Crippen molar-refractivity contribution in [2.45, 2.75) is 39.0 Å². The van der Waals surface area contributed by atoms with Gasteiger partial charge in [0, 0.05) is 24.3 Å². The number of benzene rings is 2. The highest BCUT2D eigenvalue weighted by atomic mass is 16.5. The molecule has 0 spiro atoms. The van der Waals surface area contributed by atoms with Gasteiger partial charge in [0.1, 0.15) is 5.76 Å². The monoisotopic (exact) mass is 320 g/mol. The van der Waals surface area contributed by atoms with Crippen LogP contribution in [0.4, 0.5) is 0 Å². The Labute approximate surface area is 141 Å². The summed E-state index contributed by atoms with van der Waals surface area (Å²) in [6, 6.07) is 14.2. The largest absolute Gasteiger partial charge is 0.431 e. The fourth-order valence-corrected chi connectivity index (χ4v) is 4.03. The van der Waals surface area contributed by atoms with E-state index in [1.54, 1.807) is 0 Å². The third-order valence-electron chi connectivity index (χ3n) is 5.03. The lowest BCUT2D eigenvalue weighted by Crippen LogP contribution is -2.33. The number of carbonyl (C=O) groups is 2. The minimum Gasteiger partial charge on any atom is -0.431 e. The predicted molar refractivity (Wildman–Crippen MR) is 92.4 cm³/mol. The first-order valence-electron chi connectivity index (χ1n) is 8.39. The number of carbonyl (C=O) groups excluding carboxylic acids is 2. The number of ketones is 1. The van der Waals surface area contributed by atoms with E-state index < -0.39 is 0 Å². The Kier molecular flexibility index (Phi) is 3.34. The lowest BCUT2D eigenvalue weighted by atomic mass is 9.70. The molecule has 3 nitrogen and oxygen atoms in total. The normalized spacial score (nSPS) is 23.2. The molecule has 2 aromatic rings. The number of allylic oxidation sites excluding steroid dienone is 2. The highest BCUT2D eigenvalue weighted by molar-refractivity contribution is 6.02. The van der Waals surface area contributed by atoms with E-state index in [0.717, 1.165) is 16.3 Å². The number of Topliss-reactive ketones (excluding diaryl/α,β-unsaturated/α-hetero) is 1. The molecule has 4 rings (SSSR count). The van der Waals surface area contributed by atoms with Crippen molar-refractivity contribution < 1.29 is 14.3 Å². The van der Waals surface area contributed by atoms with Gasteiger partial charge < -0.3 is 4.74 Å². The molecule has 24 heavy (non-hydrogen) atoms. The maximum atomic E-state index is 12.8. The molecule has 0 amide bonds. The topological polar surface area (TPSA) is 43.4 Å². The second-order valence-electron chi connectivity index (χ2n) is 7.58. The zero-order valence-electron chi connectivity index (χ0n) is 14.0. The molecule has 0 aromatic heterocycles. The molecule has 1 aliphatic carbocycles. The molecule has 2 aromatic carbocycles. The molecule has 0 radical (unpaired) electrons. The van der Waals surface area contributed by atoms with Crippen molar-refractivity contribution in [1.82, 2.24) is 0 Å². The van der Waals surface area contributed by atoms with E-state index in [1.165, 1.54) is 0 Å². The van der Waals surface area contributed by atoms with Crippen LogP contribution in [0.2, 0.25) is 0 Å². The predicted octanol–water partition coefficient (Wildman–Crippen LogP) is 4.51. The van der Waals surface area contributed by atoms with E-state index in [0.29, 0.717) is 24.2 Å². The Balaban J connectivity index is 1.90. The third kappa shape index (κ3) is 2.44. The van der Waals surface area contributed by atoms with Crippen molar-refractivity contribution in [3.63, 3.8) is 0 Å². The standard InChI is InChI=1S/C21H20O3/c1-21(2)11-17(22)20-16(10-19(23)24-18(20)12-21)15-9-5-7-13-6-3-4-8-14(13)15/h3-9,16H,10-12H2,1-2H3/t16-/m0/s1. The van der Waals surface area contributed by atoms with Crippen molar-refractivity contribution in [3.05, 3.63) is 59.4 Å². The van der Waals surface area contributed by atoms with Gasteiger partial charge >= 0.3 is 5.97 Å². The number of esters is 1. The summed E-state index contributed by atoms with van der Waals surface area (Å²) in [7, 11) is 0. The summed E-state index contributed by atoms with van der Waals surface area (Å²) in [5, 5.41) is 2.23. The number of ether oxygens (including phenoxy) is 1. The second-order valence-corrected chi connectivity index (χ2v) is 7.58. The van der Waals surface area contributed by atoms with Crippen molar-refractivity contribution in [3.8, 4) is 0 Å². The van der Waals surface area contributed by atoms with Crippen LogP contribution in [-0.4, -0.2) is 11.8 Å². The smallest absolute Gasteiger partial charge is 0.311 e. The fourth-order valence-electron chi connectivity index (χ4n) is 4.03. The lowest BCUT2D eigenvalue weighted by Gasteiger charge is -2.36. The molecule has 1 atom stereocenters. The number of rotatable bonds is 1. The first-order valence-corrected chi connectivity index (χ1v) is 8.39. The molecule has 0 saturated carbocycles. The summed E-state index contributed by atoms with van der Waals surface area (Å²) < 4.78 is 5.48. The van der Waals surface area contributed by atoms with Gasteiger partial charge in [-0.25, -0.2) is 0 Å². The first-order chi connectivity index (χ1) is 11.4. The molecule has 122 valence electrons. The summed E-state index contributed by atoms with van der Waals surface area (Å²) in [6.45, 7) is 4.09. The van der Waals surface area contributed by atoms with E-state index in [-0.39, 0.29) is 29.5 Å². The molecule has 0 saturated heterocycles. The van der Waals surface area contributed by atoms with Gasteiger partial charge in [-0.3, -0.25) is 9.59 Å². The molecular formula is C21H20O3. The summed E-state index contributed by atoms with van der Waals surface area (Å²) in [5.74, 6) is 0.269. The first kappa shape index (κ1) is 15.1. The average molecular weight is 320 g/mol. The molecule has 0 bridgehead atoms. The maximum absolute atomic E-state index is 12.8. The van der Waals surface area contributed by atoms with Crippen LogP contribution in [0.1, 0.15) is 44.6 Å². The SMILES string of the molecule is CC1(C)CC(=O)C2=C(C1)OC(=O)C[C@H]2c1cccc2ccccc12. The van der Waals surface area contributed by atoms with Crippen LogP contribution in [-0.2, 0) is 14.3 Å². The number of fused-ring (bicyclic) bond motifs is 1. The Morgan fingerprint density at radius 2 is 1.75 bits per heavy atom. The van der Waals surface area contributed by atoms with Crippen molar-refractivity contribution in [1.29, 1.82) is 0 Å². The molecule has 0 fully saturated rings. The van der Waals surface area contributed by atoms with E-state index >= 15 is 0 Å². The molecule has 3 heteroatoms. The zero-order valence-corrected chi connectivity index (χ0v) is 14.0. The highest BCUT2D eigenvalue weighted by Crippen LogP contribution is 2.46. The molecule has 0 N–H and O–H groups in total. The van der Waals surface area contributed by atoms with Crippen LogP contribution in [0.15, 0.2) is 53.8 Å². The zero-order chi connectivity index (χ0) is 16.9. The molecule has 0 unspecified atom stereocenters. The van der Waals surface area contributed by atoms with Gasteiger partial charge in [-0.1, -0.05) is 56.3 Å². The highest BCUT2D eigenvalue weighted by Gasteiger charge is 2.42. The van der Waals surface area contributed by atoms with Crippen LogP contribution < -0.4 is 0 Å². The average Bonchev–Trinajstić information content (AvgIpc) is 2.52. The third-order valence-corrected chi connectivity index (χ3v) is 5.03. The maximum Gasteiger partial charge on any atom is 0.311 e. The van der Waals surface area contributed by atoms with E-state index in [1.807, 2.05) is 38.1 Å². The Morgan fingerprint density at radius 3 is 2.58 bits per heavy atom. The Morgan fingerprint density at radius 1 is 1.00 bits per heavy atom. The molecule has 1 heterocycles. The molecule has 1 aliphatic heterocycles. The van der Waals surface area contributed by atoms with Crippen LogP contribution in [0, 0.1) is 5.41 Å². The van der Waals surface area contributed by atoms with Gasteiger partial charge in [0.15, 0.2) is 5.78 Å². The van der Waals surface area contributed by atoms with Gasteiger partial charge in [-0.05, 0) is 21.8 Å². The van der Waals surface area contributed by atoms with Crippen molar-refractivity contribution in [2.75, 3.05) is 0 Å². The molecular weight excluding hydrogens is 300 g/mol. The van der Waals surface area contributed by atoms with Gasteiger partial charge in [0.25, 0.3) is 0 Å². The van der Waals surface area contributed by atoms with Crippen LogP contribution in [0.5, 0.6) is 0 Å². The van der Waals surface area contributed by atoms with Gasteiger partial charge in [0.2, 0.25) is 0 Å². The van der Waals surface area contributed by atoms with Crippen LogP contribution in [0.3, 0.4) is 0 Å². The van der Waals surface area contributed by atoms with Crippen molar-refractivity contribution in [2.24, 2.45) is 5.41 Å². The van der Waals surface area contributed by atoms with E-state index in [4.69, 9.17) is 4.74 Å². The minimum atomic E-state index is -0.239.